The highest BCUT2D eigenvalue weighted by molar-refractivity contribution is 7.90. The number of imidazole rings is 1. The summed E-state index contributed by atoms with van der Waals surface area (Å²) in [6, 6.07) is 6.79. The molecule has 0 aliphatic carbocycles. The van der Waals surface area contributed by atoms with Crippen LogP contribution in [0.1, 0.15) is 11.4 Å². The molecule has 0 amide bonds. The second-order valence-corrected chi connectivity index (χ2v) is 5.30. The summed E-state index contributed by atoms with van der Waals surface area (Å²) < 4.78 is 29.2. The molecular weight excluding hydrogens is 238 g/mol. The lowest BCUT2D eigenvalue weighted by Gasteiger charge is -2.04. The molecule has 1 aromatic heterocycles. The molecule has 0 saturated heterocycles. The number of aryl methyl sites for hydroxylation is 1. The van der Waals surface area contributed by atoms with Crippen molar-refractivity contribution in [3.63, 3.8) is 0 Å². The van der Waals surface area contributed by atoms with E-state index in [1.165, 1.54) is 0 Å². The highest BCUT2D eigenvalue weighted by atomic mass is 32.2. The Morgan fingerprint density at radius 3 is 2.71 bits per heavy atom. The normalized spacial score (nSPS) is 16.6. The molecule has 1 aliphatic rings. The van der Waals surface area contributed by atoms with Gasteiger partial charge in [-0.1, -0.05) is 12.1 Å². The Bertz CT molecular complexity index is 729. The molecule has 17 heavy (non-hydrogen) atoms. The van der Waals surface area contributed by atoms with Gasteiger partial charge in [0.25, 0.3) is 10.0 Å². The van der Waals surface area contributed by atoms with Crippen LogP contribution in [0.15, 0.2) is 46.0 Å². The van der Waals surface area contributed by atoms with Gasteiger partial charge in [0.2, 0.25) is 0 Å². The Hall–Kier alpha value is -1.95. The SMILES string of the molecule is Cc1nccn1C1=NS(=O)(=O)c2ccccc21. The molecule has 1 aliphatic heterocycles. The summed E-state index contributed by atoms with van der Waals surface area (Å²) in [7, 11) is -3.56. The van der Waals surface area contributed by atoms with Crippen molar-refractivity contribution in [3.05, 3.63) is 48.0 Å². The highest BCUT2D eigenvalue weighted by Gasteiger charge is 2.29. The van der Waals surface area contributed by atoms with E-state index in [0.717, 1.165) is 0 Å². The van der Waals surface area contributed by atoms with Crippen LogP contribution in [0, 0.1) is 6.92 Å². The minimum absolute atomic E-state index is 0.253. The van der Waals surface area contributed by atoms with E-state index >= 15 is 0 Å². The molecule has 2 heterocycles. The first kappa shape index (κ1) is 10.2. The van der Waals surface area contributed by atoms with Gasteiger partial charge in [-0.2, -0.15) is 8.42 Å². The molecular formula is C11H9N3O2S. The standard InChI is InChI=1S/C11H9N3O2S/c1-8-12-6-7-14(8)11-9-4-2-3-5-10(9)17(15,16)13-11/h2-7H,1H3. The van der Waals surface area contributed by atoms with Crippen molar-refractivity contribution in [2.24, 2.45) is 4.40 Å². The lowest BCUT2D eigenvalue weighted by Crippen LogP contribution is -2.12. The molecule has 3 rings (SSSR count). The van der Waals surface area contributed by atoms with E-state index < -0.39 is 10.0 Å². The third kappa shape index (κ3) is 1.41. The van der Waals surface area contributed by atoms with Gasteiger partial charge in [-0.15, -0.1) is 4.40 Å². The van der Waals surface area contributed by atoms with Crippen LogP contribution in [-0.2, 0) is 10.0 Å². The van der Waals surface area contributed by atoms with Crippen LogP contribution in [0.5, 0.6) is 0 Å². The van der Waals surface area contributed by atoms with Crippen LogP contribution in [-0.4, -0.2) is 23.8 Å². The number of hydrogen-bond acceptors (Lipinski definition) is 3. The molecule has 0 bridgehead atoms. The van der Waals surface area contributed by atoms with Crippen LogP contribution < -0.4 is 0 Å². The zero-order valence-corrected chi connectivity index (χ0v) is 9.85. The molecule has 86 valence electrons. The van der Waals surface area contributed by atoms with Gasteiger partial charge in [0.05, 0.1) is 0 Å². The zero-order chi connectivity index (χ0) is 12.0. The summed E-state index contributed by atoms with van der Waals surface area (Å²) in [5.41, 5.74) is 0.619. The third-order valence-corrected chi connectivity index (χ3v) is 3.99. The molecule has 0 saturated carbocycles. The van der Waals surface area contributed by atoms with E-state index in [1.807, 2.05) is 0 Å². The van der Waals surface area contributed by atoms with E-state index in [9.17, 15) is 8.42 Å². The minimum atomic E-state index is -3.56. The maximum absolute atomic E-state index is 11.8. The quantitative estimate of drug-likeness (QED) is 0.702. The van der Waals surface area contributed by atoms with Crippen molar-refractivity contribution in [1.82, 2.24) is 9.55 Å². The van der Waals surface area contributed by atoms with Crippen molar-refractivity contribution in [2.45, 2.75) is 11.8 Å². The molecule has 0 atom stereocenters. The predicted octanol–water partition coefficient (Wildman–Crippen LogP) is 1.19. The Morgan fingerprint density at radius 2 is 2.00 bits per heavy atom. The van der Waals surface area contributed by atoms with E-state index in [2.05, 4.69) is 9.38 Å². The Balaban J connectivity index is 2.32. The second-order valence-electron chi connectivity index (χ2n) is 3.73. The van der Waals surface area contributed by atoms with Crippen molar-refractivity contribution in [2.75, 3.05) is 0 Å². The van der Waals surface area contributed by atoms with E-state index in [0.29, 0.717) is 17.2 Å². The van der Waals surface area contributed by atoms with Crippen molar-refractivity contribution in [1.29, 1.82) is 0 Å². The lowest BCUT2D eigenvalue weighted by atomic mass is 10.2. The summed E-state index contributed by atoms with van der Waals surface area (Å²) in [6.45, 7) is 1.80. The molecule has 6 heteroatoms. The molecule has 0 fully saturated rings. The molecule has 0 spiro atoms. The predicted molar refractivity (Wildman–Crippen MR) is 62.5 cm³/mol. The maximum Gasteiger partial charge on any atom is 0.285 e. The summed E-state index contributed by atoms with van der Waals surface area (Å²) in [4.78, 5) is 4.32. The minimum Gasteiger partial charge on any atom is -0.287 e. The van der Waals surface area contributed by atoms with E-state index in [4.69, 9.17) is 0 Å². The molecule has 2 aromatic rings. The number of rotatable bonds is 0. The van der Waals surface area contributed by atoms with Gasteiger partial charge in [0.1, 0.15) is 10.7 Å². The fourth-order valence-electron chi connectivity index (χ4n) is 1.86. The van der Waals surface area contributed by atoms with Gasteiger partial charge < -0.3 is 0 Å². The van der Waals surface area contributed by atoms with Crippen molar-refractivity contribution in [3.8, 4) is 0 Å². The van der Waals surface area contributed by atoms with Crippen molar-refractivity contribution >= 4 is 15.9 Å². The van der Waals surface area contributed by atoms with Gasteiger partial charge in [-0.3, -0.25) is 4.57 Å². The van der Waals surface area contributed by atoms with E-state index in [1.54, 1.807) is 48.1 Å². The van der Waals surface area contributed by atoms with Gasteiger partial charge in [-0.05, 0) is 19.1 Å². The summed E-state index contributed by atoms with van der Waals surface area (Å²) in [5.74, 6) is 1.12. The Morgan fingerprint density at radius 1 is 1.24 bits per heavy atom. The number of benzene rings is 1. The molecule has 0 radical (unpaired) electrons. The second kappa shape index (κ2) is 3.27. The summed E-state index contributed by atoms with van der Waals surface area (Å²) in [6.07, 6.45) is 3.32. The number of nitrogens with zero attached hydrogens (tertiary/aromatic N) is 3. The molecule has 5 nitrogen and oxygen atoms in total. The fraction of sp³-hybridized carbons (Fsp3) is 0.0909. The van der Waals surface area contributed by atoms with Crippen LogP contribution in [0.25, 0.3) is 0 Å². The zero-order valence-electron chi connectivity index (χ0n) is 9.03. The van der Waals surface area contributed by atoms with E-state index in [-0.39, 0.29) is 4.90 Å². The topological polar surface area (TPSA) is 64.3 Å². The molecule has 0 N–H and O–H groups in total. The number of hydrogen-bond donors (Lipinski definition) is 0. The number of aromatic nitrogens is 2. The first-order valence-corrected chi connectivity index (χ1v) is 6.48. The monoisotopic (exact) mass is 247 g/mol. The highest BCUT2D eigenvalue weighted by Crippen LogP contribution is 2.26. The Labute approximate surface area is 98.5 Å². The smallest absolute Gasteiger partial charge is 0.285 e. The average Bonchev–Trinajstić information content (AvgIpc) is 2.82. The maximum atomic E-state index is 11.8. The number of fused-ring (bicyclic) bond motifs is 1. The fourth-order valence-corrected chi connectivity index (χ4v) is 3.06. The number of sulfonamides is 1. The van der Waals surface area contributed by atoms with Gasteiger partial charge in [-0.25, -0.2) is 4.98 Å². The van der Waals surface area contributed by atoms with Crippen LogP contribution in [0.4, 0.5) is 0 Å². The van der Waals surface area contributed by atoms with Gasteiger partial charge in [0.15, 0.2) is 5.84 Å². The molecule has 0 unspecified atom stereocenters. The third-order valence-electron chi connectivity index (χ3n) is 2.67. The summed E-state index contributed by atoms with van der Waals surface area (Å²) >= 11 is 0. The molecule has 1 aromatic carbocycles. The van der Waals surface area contributed by atoms with Crippen molar-refractivity contribution < 1.29 is 8.42 Å². The van der Waals surface area contributed by atoms with Crippen LogP contribution in [0.2, 0.25) is 0 Å². The van der Waals surface area contributed by atoms with Crippen LogP contribution in [0.3, 0.4) is 0 Å². The van der Waals surface area contributed by atoms with Gasteiger partial charge in [0, 0.05) is 18.0 Å². The first-order valence-electron chi connectivity index (χ1n) is 5.04. The largest absolute Gasteiger partial charge is 0.287 e. The van der Waals surface area contributed by atoms with Crippen LogP contribution >= 0.6 is 0 Å². The Kier molecular flexibility index (Phi) is 1.97. The first-order chi connectivity index (χ1) is 8.09. The van der Waals surface area contributed by atoms with Gasteiger partial charge >= 0.3 is 0 Å². The lowest BCUT2D eigenvalue weighted by molar-refractivity contribution is 0.599. The average molecular weight is 247 g/mol. The summed E-state index contributed by atoms with van der Waals surface area (Å²) in [5, 5.41) is 0.